The molecule has 2 N–H and O–H groups in total. The molecule has 1 aliphatic heterocycles. The molecule has 7 heteroatoms. The van der Waals surface area contributed by atoms with E-state index in [1.54, 1.807) is 6.07 Å². The molecule has 0 radical (unpaired) electrons. The number of nitrogens with zero attached hydrogens (tertiary/aromatic N) is 1. The highest BCUT2D eigenvalue weighted by Crippen LogP contribution is 2.40. The fourth-order valence-electron chi connectivity index (χ4n) is 1.76. The van der Waals surface area contributed by atoms with Gasteiger partial charge in [0.2, 0.25) is 0 Å². The monoisotopic (exact) mass is 337 g/mol. The van der Waals surface area contributed by atoms with Crippen LogP contribution in [0.3, 0.4) is 0 Å². The van der Waals surface area contributed by atoms with Crippen LogP contribution in [-0.4, -0.2) is 44.5 Å². The van der Waals surface area contributed by atoms with Gasteiger partial charge in [0.25, 0.3) is 5.91 Å². The standard InChI is InChI=1S/C11H13BrFNO3S/c12-8-1-2-9(10(13)7-8)11(15)14-3-5-18(16,17)6-4-14/h1-2,7,16-17H,3-6H2. The van der Waals surface area contributed by atoms with Crippen LogP contribution in [0.4, 0.5) is 4.39 Å². The Hall–Kier alpha value is -0.630. The minimum absolute atomic E-state index is 0.0107. The summed E-state index contributed by atoms with van der Waals surface area (Å²) in [5, 5.41) is 0. The molecule has 1 aliphatic rings. The summed E-state index contributed by atoms with van der Waals surface area (Å²) >= 11 is 3.13. The average Bonchev–Trinajstić information content (AvgIpc) is 2.28. The van der Waals surface area contributed by atoms with E-state index in [1.807, 2.05) is 0 Å². The molecule has 2 rings (SSSR count). The third kappa shape index (κ3) is 3.03. The summed E-state index contributed by atoms with van der Waals surface area (Å²) in [4.78, 5) is 13.5. The normalized spacial score (nSPS) is 20.6. The molecule has 0 aromatic heterocycles. The molecule has 1 amide bonds. The van der Waals surface area contributed by atoms with Gasteiger partial charge in [-0.1, -0.05) is 15.9 Å². The van der Waals surface area contributed by atoms with Crippen LogP contribution in [0.15, 0.2) is 22.7 Å². The zero-order chi connectivity index (χ0) is 13.3. The topological polar surface area (TPSA) is 60.8 Å². The molecule has 100 valence electrons. The molecule has 0 atom stereocenters. The smallest absolute Gasteiger partial charge is 0.256 e. The Morgan fingerprint density at radius 2 is 1.94 bits per heavy atom. The third-order valence-corrected chi connectivity index (χ3v) is 4.99. The van der Waals surface area contributed by atoms with Crippen LogP contribution in [-0.2, 0) is 0 Å². The van der Waals surface area contributed by atoms with Crippen molar-refractivity contribution in [2.45, 2.75) is 0 Å². The second-order valence-electron chi connectivity index (χ2n) is 4.13. The maximum atomic E-state index is 13.6. The van der Waals surface area contributed by atoms with Crippen LogP contribution in [0.2, 0.25) is 0 Å². The Bertz CT molecular complexity index is 473. The van der Waals surface area contributed by atoms with Crippen molar-refractivity contribution in [2.75, 3.05) is 24.6 Å². The Morgan fingerprint density at radius 1 is 1.33 bits per heavy atom. The Morgan fingerprint density at radius 3 is 2.50 bits per heavy atom. The first-order valence-electron chi connectivity index (χ1n) is 5.37. The Labute approximate surface area is 114 Å². The van der Waals surface area contributed by atoms with Gasteiger partial charge in [0.15, 0.2) is 0 Å². The number of benzene rings is 1. The number of amides is 1. The lowest BCUT2D eigenvalue weighted by atomic mass is 10.2. The van der Waals surface area contributed by atoms with Crippen molar-refractivity contribution in [3.63, 3.8) is 0 Å². The van der Waals surface area contributed by atoms with E-state index in [-0.39, 0.29) is 30.2 Å². The number of carbonyl (C=O) groups is 1. The fraction of sp³-hybridized carbons (Fsp3) is 0.364. The Balaban J connectivity index is 2.13. The third-order valence-electron chi connectivity index (χ3n) is 2.82. The van der Waals surface area contributed by atoms with Gasteiger partial charge >= 0.3 is 0 Å². The van der Waals surface area contributed by atoms with Gasteiger partial charge in [-0.05, 0) is 18.2 Å². The van der Waals surface area contributed by atoms with Gasteiger partial charge in [0.05, 0.1) is 17.1 Å². The molecule has 0 aliphatic carbocycles. The van der Waals surface area contributed by atoms with Crippen molar-refractivity contribution in [1.82, 2.24) is 4.90 Å². The zero-order valence-electron chi connectivity index (χ0n) is 9.47. The van der Waals surface area contributed by atoms with E-state index in [4.69, 9.17) is 0 Å². The van der Waals surface area contributed by atoms with Crippen molar-refractivity contribution in [3.05, 3.63) is 34.1 Å². The van der Waals surface area contributed by atoms with E-state index >= 15 is 0 Å². The molecule has 1 fully saturated rings. The quantitative estimate of drug-likeness (QED) is 0.828. The molecule has 1 heterocycles. The highest BCUT2D eigenvalue weighted by Gasteiger charge is 2.27. The first-order valence-corrected chi connectivity index (χ1v) is 8.05. The molecule has 1 saturated heterocycles. The van der Waals surface area contributed by atoms with E-state index in [0.29, 0.717) is 4.47 Å². The molecule has 0 saturated carbocycles. The number of hydrogen-bond donors (Lipinski definition) is 2. The molecule has 0 spiro atoms. The summed E-state index contributed by atoms with van der Waals surface area (Å²) in [7, 11) is -2.54. The van der Waals surface area contributed by atoms with Crippen LogP contribution >= 0.6 is 26.5 Å². The SMILES string of the molecule is O=C(c1ccc(Br)cc1F)N1CCS(O)(O)CC1. The first kappa shape index (κ1) is 13.8. The molecule has 1 aromatic rings. The summed E-state index contributed by atoms with van der Waals surface area (Å²) in [5.41, 5.74) is 0.0107. The van der Waals surface area contributed by atoms with E-state index < -0.39 is 22.3 Å². The van der Waals surface area contributed by atoms with E-state index in [1.165, 1.54) is 17.0 Å². The molecule has 1 aromatic carbocycles. The van der Waals surface area contributed by atoms with Gasteiger partial charge < -0.3 is 4.90 Å². The number of halogens is 2. The minimum Gasteiger partial charge on any atom is -0.335 e. The molecular formula is C11H13BrFNO3S. The summed E-state index contributed by atoms with van der Waals surface area (Å²) < 4.78 is 33.1. The van der Waals surface area contributed by atoms with Gasteiger partial charge in [-0.25, -0.2) is 4.39 Å². The van der Waals surface area contributed by atoms with Crippen molar-refractivity contribution >= 4 is 32.4 Å². The van der Waals surface area contributed by atoms with Gasteiger partial charge in [-0.3, -0.25) is 13.9 Å². The fourth-order valence-corrected chi connectivity index (χ4v) is 3.33. The highest BCUT2D eigenvalue weighted by molar-refractivity contribution is 9.10. The second-order valence-corrected chi connectivity index (χ2v) is 7.46. The molecule has 0 bridgehead atoms. The lowest BCUT2D eigenvalue weighted by Gasteiger charge is -2.40. The number of carbonyl (C=O) groups excluding carboxylic acids is 1. The van der Waals surface area contributed by atoms with Crippen LogP contribution in [0, 0.1) is 5.82 Å². The highest BCUT2D eigenvalue weighted by atomic mass is 79.9. The van der Waals surface area contributed by atoms with Crippen molar-refractivity contribution in [1.29, 1.82) is 0 Å². The number of hydrogen-bond acceptors (Lipinski definition) is 3. The predicted octanol–water partition coefficient (Wildman–Crippen LogP) is 2.79. The van der Waals surface area contributed by atoms with E-state index in [9.17, 15) is 18.3 Å². The average molecular weight is 338 g/mol. The predicted molar refractivity (Wildman–Crippen MR) is 72.6 cm³/mol. The summed E-state index contributed by atoms with van der Waals surface area (Å²) in [5.74, 6) is -0.658. The van der Waals surface area contributed by atoms with Crippen LogP contribution < -0.4 is 0 Å². The Kier molecular flexibility index (Phi) is 3.96. The minimum atomic E-state index is -2.54. The molecule has 4 nitrogen and oxygen atoms in total. The first-order chi connectivity index (χ1) is 8.39. The van der Waals surface area contributed by atoms with Crippen molar-refractivity contribution in [2.24, 2.45) is 0 Å². The van der Waals surface area contributed by atoms with Gasteiger partial charge in [0, 0.05) is 17.6 Å². The van der Waals surface area contributed by atoms with Crippen molar-refractivity contribution in [3.8, 4) is 0 Å². The second kappa shape index (κ2) is 5.16. The van der Waals surface area contributed by atoms with E-state index in [0.717, 1.165) is 0 Å². The lowest BCUT2D eigenvalue weighted by molar-refractivity contribution is 0.0763. The maximum absolute atomic E-state index is 13.6. The lowest BCUT2D eigenvalue weighted by Crippen LogP contribution is -2.42. The maximum Gasteiger partial charge on any atom is 0.256 e. The number of rotatable bonds is 1. The van der Waals surface area contributed by atoms with Gasteiger partial charge in [0.1, 0.15) is 5.82 Å². The van der Waals surface area contributed by atoms with Crippen LogP contribution in [0.5, 0.6) is 0 Å². The summed E-state index contributed by atoms with van der Waals surface area (Å²) in [6.45, 7) is 0.493. The van der Waals surface area contributed by atoms with Gasteiger partial charge in [-0.15, -0.1) is 0 Å². The van der Waals surface area contributed by atoms with Crippen LogP contribution in [0.25, 0.3) is 0 Å². The molecular weight excluding hydrogens is 325 g/mol. The van der Waals surface area contributed by atoms with Crippen LogP contribution in [0.1, 0.15) is 10.4 Å². The van der Waals surface area contributed by atoms with Gasteiger partial charge in [-0.2, -0.15) is 10.6 Å². The molecule has 18 heavy (non-hydrogen) atoms. The summed E-state index contributed by atoms with van der Waals surface area (Å²) in [6, 6.07) is 4.27. The largest absolute Gasteiger partial charge is 0.335 e. The van der Waals surface area contributed by atoms with E-state index in [2.05, 4.69) is 15.9 Å². The van der Waals surface area contributed by atoms with Crippen molar-refractivity contribution < 1.29 is 18.3 Å². The summed E-state index contributed by atoms with van der Waals surface area (Å²) in [6.07, 6.45) is 0. The zero-order valence-corrected chi connectivity index (χ0v) is 11.9. The molecule has 0 unspecified atom stereocenters.